The molecule has 5 nitrogen and oxygen atoms in total. The highest BCUT2D eigenvalue weighted by Crippen LogP contribution is 2.14. The molecule has 0 amide bonds. The highest BCUT2D eigenvalue weighted by molar-refractivity contribution is 5.27. The summed E-state index contributed by atoms with van der Waals surface area (Å²) in [7, 11) is 1.69. The van der Waals surface area contributed by atoms with E-state index in [4.69, 9.17) is 4.74 Å². The Morgan fingerprint density at radius 3 is 2.89 bits per heavy atom. The molecule has 0 unspecified atom stereocenters. The van der Waals surface area contributed by atoms with E-state index in [1.807, 2.05) is 0 Å². The predicted molar refractivity (Wildman–Crippen MR) is 67.3 cm³/mol. The summed E-state index contributed by atoms with van der Waals surface area (Å²) in [6, 6.07) is 0. The van der Waals surface area contributed by atoms with Crippen LogP contribution < -0.4 is 10.1 Å². The van der Waals surface area contributed by atoms with Gasteiger partial charge in [-0.1, -0.05) is 6.42 Å². The maximum Gasteiger partial charge on any atom is 0.255 e. The number of nitrogens with zero attached hydrogens (tertiary/aromatic N) is 3. The monoisotopic (exact) mass is 254 g/mol. The summed E-state index contributed by atoms with van der Waals surface area (Å²) in [6.45, 7) is 3.49. The molecule has 1 fully saturated rings. The molecule has 2 rings (SSSR count). The predicted octanol–water partition coefficient (Wildman–Crippen LogP) is 1.52. The van der Waals surface area contributed by atoms with Crippen LogP contribution >= 0.6 is 0 Å². The van der Waals surface area contributed by atoms with E-state index >= 15 is 0 Å². The molecular formula is C12H19FN4O. The molecule has 0 spiro atoms. The zero-order chi connectivity index (χ0) is 12.8. The van der Waals surface area contributed by atoms with Crippen LogP contribution in [0, 0.1) is 5.82 Å². The Kier molecular flexibility index (Phi) is 4.69. The van der Waals surface area contributed by atoms with Crippen molar-refractivity contribution in [1.82, 2.24) is 14.9 Å². The molecule has 0 aliphatic carbocycles. The third kappa shape index (κ3) is 3.53. The summed E-state index contributed by atoms with van der Waals surface area (Å²) in [5, 5.41) is 2.76. The van der Waals surface area contributed by atoms with Crippen molar-refractivity contribution in [2.75, 3.05) is 38.6 Å². The van der Waals surface area contributed by atoms with Gasteiger partial charge in [0, 0.05) is 13.6 Å². The Bertz CT molecular complexity index is 382. The first-order valence-corrected chi connectivity index (χ1v) is 6.35. The topological polar surface area (TPSA) is 50.3 Å². The fraction of sp³-hybridized carbons (Fsp3) is 0.667. The van der Waals surface area contributed by atoms with E-state index in [9.17, 15) is 4.39 Å². The fourth-order valence-electron chi connectivity index (χ4n) is 2.03. The van der Waals surface area contributed by atoms with Crippen molar-refractivity contribution in [3.8, 4) is 5.88 Å². The molecular weight excluding hydrogens is 235 g/mol. The average Bonchev–Trinajstić information content (AvgIpc) is 2.42. The maximum atomic E-state index is 13.4. The van der Waals surface area contributed by atoms with Gasteiger partial charge in [0.05, 0.1) is 6.20 Å². The van der Waals surface area contributed by atoms with Crippen molar-refractivity contribution < 1.29 is 9.13 Å². The molecule has 100 valence electrons. The number of hydrogen-bond donors (Lipinski definition) is 1. The van der Waals surface area contributed by atoms with Gasteiger partial charge < -0.3 is 10.1 Å². The lowest BCUT2D eigenvalue weighted by Crippen LogP contribution is -2.33. The third-order valence-corrected chi connectivity index (χ3v) is 3.03. The second kappa shape index (κ2) is 6.49. The maximum absolute atomic E-state index is 13.4. The molecule has 1 aromatic heterocycles. The van der Waals surface area contributed by atoms with E-state index in [1.165, 1.54) is 19.3 Å². The van der Waals surface area contributed by atoms with Gasteiger partial charge in [-0.15, -0.1) is 0 Å². The van der Waals surface area contributed by atoms with E-state index in [2.05, 4.69) is 20.2 Å². The number of halogens is 1. The molecule has 0 aromatic carbocycles. The summed E-state index contributed by atoms with van der Waals surface area (Å²) in [6.07, 6.45) is 4.91. The SMILES string of the molecule is CNc1ncc(F)c(OCCN2CCCCC2)n1. The van der Waals surface area contributed by atoms with Crippen molar-refractivity contribution in [2.24, 2.45) is 0 Å². The second-order valence-corrected chi connectivity index (χ2v) is 4.35. The highest BCUT2D eigenvalue weighted by atomic mass is 19.1. The standard InChI is InChI=1S/C12H19FN4O/c1-14-12-15-9-10(13)11(16-12)18-8-7-17-5-3-2-4-6-17/h9H,2-8H2,1H3,(H,14,15,16). The number of rotatable bonds is 5. The second-order valence-electron chi connectivity index (χ2n) is 4.35. The molecule has 18 heavy (non-hydrogen) atoms. The van der Waals surface area contributed by atoms with Crippen LogP contribution in [0.5, 0.6) is 5.88 Å². The normalized spacial score (nSPS) is 16.6. The number of likely N-dealkylation sites (tertiary alicyclic amines) is 1. The van der Waals surface area contributed by atoms with Gasteiger partial charge in [-0.2, -0.15) is 9.37 Å². The van der Waals surface area contributed by atoms with Crippen LogP contribution in [0.25, 0.3) is 0 Å². The molecule has 1 aromatic rings. The molecule has 0 bridgehead atoms. The Morgan fingerprint density at radius 2 is 2.17 bits per heavy atom. The summed E-state index contributed by atoms with van der Waals surface area (Å²) in [5.41, 5.74) is 0. The van der Waals surface area contributed by atoms with Gasteiger partial charge >= 0.3 is 0 Å². The van der Waals surface area contributed by atoms with Crippen LogP contribution in [0.15, 0.2) is 6.20 Å². The van der Waals surface area contributed by atoms with Crippen molar-refractivity contribution in [3.63, 3.8) is 0 Å². The third-order valence-electron chi connectivity index (χ3n) is 3.03. The summed E-state index contributed by atoms with van der Waals surface area (Å²) in [5.74, 6) is -0.136. The van der Waals surface area contributed by atoms with E-state index in [1.54, 1.807) is 7.05 Å². The number of anilines is 1. The van der Waals surface area contributed by atoms with Crippen molar-refractivity contribution in [2.45, 2.75) is 19.3 Å². The van der Waals surface area contributed by atoms with Gasteiger partial charge in [-0.05, 0) is 25.9 Å². The van der Waals surface area contributed by atoms with Gasteiger partial charge in [0.15, 0.2) is 0 Å². The Morgan fingerprint density at radius 1 is 1.39 bits per heavy atom. The van der Waals surface area contributed by atoms with Crippen LogP contribution in [0.4, 0.5) is 10.3 Å². The van der Waals surface area contributed by atoms with E-state index in [-0.39, 0.29) is 5.88 Å². The lowest BCUT2D eigenvalue weighted by molar-refractivity contribution is 0.177. The summed E-state index contributed by atoms with van der Waals surface area (Å²) >= 11 is 0. The van der Waals surface area contributed by atoms with Gasteiger partial charge in [-0.3, -0.25) is 4.90 Å². The molecule has 1 aliphatic rings. The zero-order valence-electron chi connectivity index (χ0n) is 10.7. The Balaban J connectivity index is 1.81. The molecule has 1 aliphatic heterocycles. The van der Waals surface area contributed by atoms with Gasteiger partial charge in [0.1, 0.15) is 6.61 Å². The molecule has 1 saturated heterocycles. The van der Waals surface area contributed by atoms with E-state index in [0.29, 0.717) is 12.6 Å². The largest absolute Gasteiger partial charge is 0.474 e. The van der Waals surface area contributed by atoms with Crippen LogP contribution in [-0.2, 0) is 0 Å². The first-order chi connectivity index (χ1) is 8.79. The first kappa shape index (κ1) is 13.0. The van der Waals surface area contributed by atoms with Crippen LogP contribution in [0.1, 0.15) is 19.3 Å². The lowest BCUT2D eigenvalue weighted by Gasteiger charge is -2.26. The lowest BCUT2D eigenvalue weighted by atomic mass is 10.1. The van der Waals surface area contributed by atoms with Gasteiger partial charge in [0.25, 0.3) is 5.88 Å². The molecule has 0 saturated carbocycles. The Labute approximate surface area is 106 Å². The minimum atomic E-state index is -0.521. The number of aromatic nitrogens is 2. The molecule has 6 heteroatoms. The molecule has 2 heterocycles. The molecule has 0 atom stereocenters. The summed E-state index contributed by atoms with van der Waals surface area (Å²) < 4.78 is 18.8. The van der Waals surface area contributed by atoms with Crippen molar-refractivity contribution >= 4 is 5.95 Å². The van der Waals surface area contributed by atoms with Gasteiger partial charge in [-0.25, -0.2) is 4.98 Å². The molecule has 1 N–H and O–H groups in total. The summed E-state index contributed by atoms with van der Waals surface area (Å²) in [4.78, 5) is 10.0. The smallest absolute Gasteiger partial charge is 0.255 e. The van der Waals surface area contributed by atoms with Crippen molar-refractivity contribution in [1.29, 1.82) is 0 Å². The minimum Gasteiger partial charge on any atom is -0.474 e. The van der Waals surface area contributed by atoms with Crippen molar-refractivity contribution in [3.05, 3.63) is 12.0 Å². The van der Waals surface area contributed by atoms with Crippen LogP contribution in [-0.4, -0.2) is 48.2 Å². The number of ether oxygens (including phenoxy) is 1. The first-order valence-electron chi connectivity index (χ1n) is 6.35. The van der Waals surface area contributed by atoms with E-state index in [0.717, 1.165) is 25.8 Å². The van der Waals surface area contributed by atoms with Crippen LogP contribution in [0.2, 0.25) is 0 Å². The quantitative estimate of drug-likeness (QED) is 0.863. The van der Waals surface area contributed by atoms with E-state index < -0.39 is 5.82 Å². The Hall–Kier alpha value is -1.43. The minimum absolute atomic E-state index is 0.0198. The van der Waals surface area contributed by atoms with Gasteiger partial charge in [0.2, 0.25) is 11.8 Å². The zero-order valence-corrected chi connectivity index (χ0v) is 10.7. The average molecular weight is 254 g/mol. The number of hydrogen-bond acceptors (Lipinski definition) is 5. The number of nitrogens with one attached hydrogen (secondary N) is 1. The van der Waals surface area contributed by atoms with Crippen LogP contribution in [0.3, 0.4) is 0 Å². The fourth-order valence-corrected chi connectivity index (χ4v) is 2.03. The number of piperidine rings is 1. The highest BCUT2D eigenvalue weighted by Gasteiger charge is 2.11. The molecule has 0 radical (unpaired) electrons.